The van der Waals surface area contributed by atoms with Gasteiger partial charge in [-0.3, -0.25) is 9.48 Å². The van der Waals surface area contributed by atoms with Gasteiger partial charge in [-0.2, -0.15) is 5.10 Å². The van der Waals surface area contributed by atoms with Crippen molar-refractivity contribution in [2.75, 3.05) is 6.54 Å². The minimum absolute atomic E-state index is 0.0772. The zero-order valence-electron chi connectivity index (χ0n) is 12.2. The van der Waals surface area contributed by atoms with E-state index in [0.717, 1.165) is 24.9 Å². The molecule has 2 N–H and O–H groups in total. The number of rotatable bonds is 4. The smallest absolute Gasteiger partial charge is 0.237 e. The van der Waals surface area contributed by atoms with Gasteiger partial charge in [-0.1, -0.05) is 24.3 Å². The first kappa shape index (κ1) is 13.8. The van der Waals surface area contributed by atoms with Crippen molar-refractivity contribution in [1.82, 2.24) is 20.4 Å². The number of carbonyl (C=O) groups excluding carboxylic acids is 1. The summed E-state index contributed by atoms with van der Waals surface area (Å²) in [4.78, 5) is 12.2. The van der Waals surface area contributed by atoms with E-state index < -0.39 is 0 Å². The summed E-state index contributed by atoms with van der Waals surface area (Å²) in [6.07, 6.45) is 5.38. The van der Waals surface area contributed by atoms with Crippen LogP contribution in [0.25, 0.3) is 0 Å². The van der Waals surface area contributed by atoms with Gasteiger partial charge in [0.15, 0.2) is 0 Å². The Kier molecular flexibility index (Phi) is 4.01. The van der Waals surface area contributed by atoms with Crippen LogP contribution in [0, 0.1) is 0 Å². The van der Waals surface area contributed by atoms with Crippen molar-refractivity contribution in [1.29, 1.82) is 0 Å². The molecule has 0 spiro atoms. The van der Waals surface area contributed by atoms with E-state index in [1.54, 1.807) is 4.68 Å². The molecule has 1 atom stereocenters. The maximum Gasteiger partial charge on any atom is 0.237 e. The molecule has 0 unspecified atom stereocenters. The van der Waals surface area contributed by atoms with Crippen LogP contribution in [0.5, 0.6) is 0 Å². The first-order valence-electron chi connectivity index (χ1n) is 7.28. The normalized spacial score (nSPS) is 17.3. The Morgan fingerprint density at radius 3 is 3.00 bits per heavy atom. The molecule has 1 aromatic carbocycles. The highest BCUT2D eigenvalue weighted by Crippen LogP contribution is 2.16. The minimum atomic E-state index is -0.131. The zero-order valence-corrected chi connectivity index (χ0v) is 12.2. The summed E-state index contributed by atoms with van der Waals surface area (Å²) in [5.74, 6) is 0.0772. The lowest BCUT2D eigenvalue weighted by atomic mass is 9.95. The number of carbonyl (C=O) groups is 1. The second-order valence-corrected chi connectivity index (χ2v) is 5.47. The second kappa shape index (κ2) is 6.10. The van der Waals surface area contributed by atoms with Gasteiger partial charge in [0, 0.05) is 26.3 Å². The second-order valence-electron chi connectivity index (χ2n) is 5.47. The fourth-order valence-electron chi connectivity index (χ4n) is 2.69. The summed E-state index contributed by atoms with van der Waals surface area (Å²) in [5.41, 5.74) is 3.69. The number of hydrogen-bond donors (Lipinski definition) is 2. The molecule has 0 aliphatic carbocycles. The third-order valence-corrected chi connectivity index (χ3v) is 3.87. The van der Waals surface area contributed by atoms with Crippen LogP contribution in [-0.4, -0.2) is 28.3 Å². The highest BCUT2D eigenvalue weighted by Gasteiger charge is 2.23. The molecular weight excluding hydrogens is 264 g/mol. The van der Waals surface area contributed by atoms with Crippen LogP contribution in [0.2, 0.25) is 0 Å². The van der Waals surface area contributed by atoms with E-state index >= 15 is 0 Å². The summed E-state index contributed by atoms with van der Waals surface area (Å²) in [6, 6.07) is 8.15. The number of nitrogens with one attached hydrogen (secondary N) is 2. The molecule has 2 heterocycles. The molecule has 1 aliphatic rings. The molecule has 0 saturated heterocycles. The summed E-state index contributed by atoms with van der Waals surface area (Å²) in [7, 11) is 1.89. The van der Waals surface area contributed by atoms with Gasteiger partial charge in [0.2, 0.25) is 5.91 Å². The van der Waals surface area contributed by atoms with E-state index in [9.17, 15) is 4.79 Å². The van der Waals surface area contributed by atoms with E-state index in [1.807, 2.05) is 31.6 Å². The van der Waals surface area contributed by atoms with Crippen LogP contribution in [0.3, 0.4) is 0 Å². The van der Waals surface area contributed by atoms with Crippen LogP contribution in [0.1, 0.15) is 16.7 Å². The Morgan fingerprint density at radius 1 is 1.43 bits per heavy atom. The maximum absolute atomic E-state index is 12.2. The summed E-state index contributed by atoms with van der Waals surface area (Å²) in [6.45, 7) is 1.40. The van der Waals surface area contributed by atoms with Crippen LogP contribution in [-0.2, 0) is 31.2 Å². The summed E-state index contributed by atoms with van der Waals surface area (Å²) >= 11 is 0. The number of aromatic nitrogens is 2. The number of hydrogen-bond acceptors (Lipinski definition) is 3. The largest absolute Gasteiger partial charge is 0.354 e. The monoisotopic (exact) mass is 284 g/mol. The third kappa shape index (κ3) is 3.31. The van der Waals surface area contributed by atoms with Crippen molar-refractivity contribution in [2.24, 2.45) is 7.05 Å². The number of benzene rings is 1. The highest BCUT2D eigenvalue weighted by molar-refractivity contribution is 5.82. The first-order chi connectivity index (χ1) is 10.2. The average molecular weight is 284 g/mol. The number of nitrogens with zero attached hydrogens (tertiary/aromatic N) is 2. The average Bonchev–Trinajstić information content (AvgIpc) is 2.92. The zero-order chi connectivity index (χ0) is 14.7. The van der Waals surface area contributed by atoms with E-state index in [0.29, 0.717) is 6.54 Å². The Labute approximate surface area is 124 Å². The minimum Gasteiger partial charge on any atom is -0.354 e. The maximum atomic E-state index is 12.2. The lowest BCUT2D eigenvalue weighted by Crippen LogP contribution is -2.48. The molecule has 1 aliphatic heterocycles. The molecule has 1 amide bonds. The Hall–Kier alpha value is -2.14. The number of amides is 1. The van der Waals surface area contributed by atoms with Gasteiger partial charge in [0.1, 0.15) is 0 Å². The van der Waals surface area contributed by atoms with Crippen LogP contribution < -0.4 is 10.6 Å². The summed E-state index contributed by atoms with van der Waals surface area (Å²) < 4.78 is 1.77. The van der Waals surface area contributed by atoms with Crippen molar-refractivity contribution in [3.8, 4) is 0 Å². The van der Waals surface area contributed by atoms with E-state index in [-0.39, 0.29) is 11.9 Å². The molecule has 5 nitrogen and oxygen atoms in total. The van der Waals surface area contributed by atoms with Gasteiger partial charge < -0.3 is 10.6 Å². The fourth-order valence-corrected chi connectivity index (χ4v) is 2.69. The number of fused-ring (bicyclic) bond motifs is 1. The molecule has 21 heavy (non-hydrogen) atoms. The van der Waals surface area contributed by atoms with Gasteiger partial charge in [0.05, 0.1) is 12.2 Å². The Morgan fingerprint density at radius 2 is 2.24 bits per heavy atom. The molecule has 0 fully saturated rings. The molecule has 0 radical (unpaired) electrons. The van der Waals surface area contributed by atoms with Crippen molar-refractivity contribution in [3.63, 3.8) is 0 Å². The molecule has 3 rings (SSSR count). The molecule has 110 valence electrons. The Bertz CT molecular complexity index is 635. The third-order valence-electron chi connectivity index (χ3n) is 3.87. The SMILES string of the molecule is Cn1cc(CCNC(=O)[C@H]2Cc3ccccc3CN2)cn1. The quantitative estimate of drug-likeness (QED) is 0.873. The molecule has 1 aromatic heterocycles. The lowest BCUT2D eigenvalue weighted by molar-refractivity contribution is -0.123. The first-order valence-corrected chi connectivity index (χ1v) is 7.28. The van der Waals surface area contributed by atoms with Gasteiger partial charge in [-0.25, -0.2) is 0 Å². The topological polar surface area (TPSA) is 59.0 Å². The van der Waals surface area contributed by atoms with E-state index in [2.05, 4.69) is 27.9 Å². The molecule has 5 heteroatoms. The molecule has 2 aromatic rings. The standard InChI is InChI=1S/C16H20N4O/c1-20-11-12(9-19-20)6-7-17-16(21)15-8-13-4-2-3-5-14(13)10-18-15/h2-5,9,11,15,18H,6-8,10H2,1H3,(H,17,21)/t15-/m1/s1. The Balaban J connectivity index is 1.50. The molecular formula is C16H20N4O. The van der Waals surface area contributed by atoms with Crippen molar-refractivity contribution in [2.45, 2.75) is 25.4 Å². The highest BCUT2D eigenvalue weighted by atomic mass is 16.2. The van der Waals surface area contributed by atoms with E-state index in [1.165, 1.54) is 11.1 Å². The predicted molar refractivity (Wildman–Crippen MR) is 80.7 cm³/mol. The summed E-state index contributed by atoms with van der Waals surface area (Å²) in [5, 5.41) is 10.4. The lowest BCUT2D eigenvalue weighted by Gasteiger charge is -2.25. The van der Waals surface area contributed by atoms with Gasteiger partial charge in [-0.15, -0.1) is 0 Å². The van der Waals surface area contributed by atoms with Crippen LogP contribution >= 0.6 is 0 Å². The van der Waals surface area contributed by atoms with Crippen molar-refractivity contribution >= 4 is 5.91 Å². The van der Waals surface area contributed by atoms with Gasteiger partial charge in [-0.05, 0) is 29.5 Å². The fraction of sp³-hybridized carbons (Fsp3) is 0.375. The van der Waals surface area contributed by atoms with Crippen molar-refractivity contribution < 1.29 is 4.79 Å². The van der Waals surface area contributed by atoms with Crippen molar-refractivity contribution in [3.05, 3.63) is 53.3 Å². The van der Waals surface area contributed by atoms with Crippen LogP contribution in [0.4, 0.5) is 0 Å². The van der Waals surface area contributed by atoms with E-state index in [4.69, 9.17) is 0 Å². The van der Waals surface area contributed by atoms with Gasteiger partial charge in [0.25, 0.3) is 0 Å². The van der Waals surface area contributed by atoms with Gasteiger partial charge >= 0.3 is 0 Å². The molecule has 0 bridgehead atoms. The number of aryl methyl sites for hydroxylation is 1. The van der Waals surface area contributed by atoms with Crippen LogP contribution in [0.15, 0.2) is 36.7 Å². The predicted octanol–water partition coefficient (Wildman–Crippen LogP) is 0.793. The molecule has 0 saturated carbocycles.